The van der Waals surface area contributed by atoms with Crippen molar-refractivity contribution in [3.05, 3.63) is 29.6 Å². The van der Waals surface area contributed by atoms with Crippen LogP contribution < -0.4 is 16.0 Å². The first kappa shape index (κ1) is 13.8. The van der Waals surface area contributed by atoms with Crippen molar-refractivity contribution in [1.29, 1.82) is 0 Å². The molecule has 3 N–H and O–H groups in total. The van der Waals surface area contributed by atoms with Crippen LogP contribution in [0, 0.1) is 5.82 Å². The number of carbonyl (C=O) groups excluding carboxylic acids is 1. The minimum atomic E-state index is -0.582. The number of benzene rings is 1. The van der Waals surface area contributed by atoms with Crippen molar-refractivity contribution in [2.24, 2.45) is 5.73 Å². The zero-order valence-corrected chi connectivity index (χ0v) is 11.2. The maximum absolute atomic E-state index is 13.3. The Morgan fingerprint density at radius 1 is 1.58 bits per heavy atom. The SMILES string of the molecule is CCCN(c1ccc(F)cc1C(N)=O)C1CCNC1. The average molecular weight is 265 g/mol. The summed E-state index contributed by atoms with van der Waals surface area (Å²) in [6.45, 7) is 4.77. The van der Waals surface area contributed by atoms with Crippen LogP contribution in [0.15, 0.2) is 18.2 Å². The zero-order chi connectivity index (χ0) is 13.8. The van der Waals surface area contributed by atoms with Gasteiger partial charge in [-0.05, 0) is 37.6 Å². The number of rotatable bonds is 5. The molecule has 4 nitrogen and oxygen atoms in total. The fraction of sp³-hybridized carbons (Fsp3) is 0.500. The van der Waals surface area contributed by atoms with Gasteiger partial charge in [0.2, 0.25) is 0 Å². The molecule has 1 aliphatic heterocycles. The van der Waals surface area contributed by atoms with Gasteiger partial charge >= 0.3 is 0 Å². The topological polar surface area (TPSA) is 58.4 Å². The minimum Gasteiger partial charge on any atom is -0.367 e. The van der Waals surface area contributed by atoms with E-state index in [-0.39, 0.29) is 5.56 Å². The quantitative estimate of drug-likeness (QED) is 0.848. The van der Waals surface area contributed by atoms with E-state index in [0.29, 0.717) is 6.04 Å². The van der Waals surface area contributed by atoms with Crippen LogP contribution in [0.4, 0.5) is 10.1 Å². The van der Waals surface area contributed by atoms with E-state index >= 15 is 0 Å². The molecule has 1 aromatic carbocycles. The Hall–Kier alpha value is -1.62. The van der Waals surface area contributed by atoms with Gasteiger partial charge in [-0.3, -0.25) is 4.79 Å². The van der Waals surface area contributed by atoms with Crippen molar-refractivity contribution in [3.8, 4) is 0 Å². The van der Waals surface area contributed by atoms with Gasteiger partial charge in [0.15, 0.2) is 0 Å². The molecular formula is C14H20FN3O. The molecule has 1 heterocycles. The Balaban J connectivity index is 2.37. The van der Waals surface area contributed by atoms with Crippen LogP contribution in [-0.2, 0) is 0 Å². The van der Waals surface area contributed by atoms with E-state index in [1.165, 1.54) is 12.1 Å². The van der Waals surface area contributed by atoms with Crippen LogP contribution in [0.1, 0.15) is 30.1 Å². The molecule has 0 saturated carbocycles. The van der Waals surface area contributed by atoms with E-state index in [1.54, 1.807) is 6.07 Å². The third-order valence-corrected chi connectivity index (χ3v) is 3.47. The van der Waals surface area contributed by atoms with Gasteiger partial charge in [0.25, 0.3) is 5.91 Å². The third-order valence-electron chi connectivity index (χ3n) is 3.47. The maximum atomic E-state index is 13.3. The highest BCUT2D eigenvalue weighted by Gasteiger charge is 2.25. The van der Waals surface area contributed by atoms with Gasteiger partial charge in [-0.25, -0.2) is 4.39 Å². The summed E-state index contributed by atoms with van der Waals surface area (Å²) >= 11 is 0. The summed E-state index contributed by atoms with van der Waals surface area (Å²) in [5.74, 6) is -1.01. The Morgan fingerprint density at radius 2 is 2.37 bits per heavy atom. The molecule has 1 amide bonds. The van der Waals surface area contributed by atoms with Crippen molar-refractivity contribution in [2.45, 2.75) is 25.8 Å². The summed E-state index contributed by atoms with van der Waals surface area (Å²) in [7, 11) is 0. The summed E-state index contributed by atoms with van der Waals surface area (Å²) in [5.41, 5.74) is 6.37. The van der Waals surface area contributed by atoms with E-state index in [2.05, 4.69) is 17.1 Å². The molecule has 0 aromatic heterocycles. The fourth-order valence-corrected chi connectivity index (χ4v) is 2.60. The lowest BCUT2D eigenvalue weighted by Crippen LogP contribution is -2.38. The lowest BCUT2D eigenvalue weighted by molar-refractivity contribution is 0.1000. The normalized spacial score (nSPS) is 18.5. The van der Waals surface area contributed by atoms with Crippen molar-refractivity contribution in [1.82, 2.24) is 5.32 Å². The molecule has 0 bridgehead atoms. The summed E-state index contributed by atoms with van der Waals surface area (Å²) in [4.78, 5) is 13.7. The summed E-state index contributed by atoms with van der Waals surface area (Å²) in [6, 6.07) is 4.60. The van der Waals surface area contributed by atoms with Crippen LogP contribution in [0.25, 0.3) is 0 Å². The number of carbonyl (C=O) groups is 1. The number of primary amides is 1. The van der Waals surface area contributed by atoms with Gasteiger partial charge in [0, 0.05) is 19.1 Å². The maximum Gasteiger partial charge on any atom is 0.250 e. The van der Waals surface area contributed by atoms with Crippen molar-refractivity contribution < 1.29 is 9.18 Å². The van der Waals surface area contributed by atoms with Gasteiger partial charge in [-0.1, -0.05) is 6.92 Å². The highest BCUT2D eigenvalue weighted by molar-refractivity contribution is 5.98. The van der Waals surface area contributed by atoms with Crippen LogP contribution in [0.5, 0.6) is 0 Å². The van der Waals surface area contributed by atoms with E-state index in [1.807, 2.05) is 0 Å². The van der Waals surface area contributed by atoms with E-state index in [0.717, 1.165) is 38.2 Å². The molecule has 1 aromatic rings. The molecule has 104 valence electrons. The second kappa shape index (κ2) is 6.02. The van der Waals surface area contributed by atoms with Gasteiger partial charge in [0.1, 0.15) is 5.82 Å². The van der Waals surface area contributed by atoms with Crippen LogP contribution in [0.2, 0.25) is 0 Å². The Labute approximate surface area is 112 Å². The number of nitrogens with one attached hydrogen (secondary N) is 1. The van der Waals surface area contributed by atoms with E-state index < -0.39 is 11.7 Å². The van der Waals surface area contributed by atoms with Gasteiger partial charge in [-0.2, -0.15) is 0 Å². The number of nitrogens with zero attached hydrogens (tertiary/aromatic N) is 1. The highest BCUT2D eigenvalue weighted by atomic mass is 19.1. The van der Waals surface area contributed by atoms with E-state index in [4.69, 9.17) is 5.73 Å². The molecule has 1 unspecified atom stereocenters. The smallest absolute Gasteiger partial charge is 0.250 e. The largest absolute Gasteiger partial charge is 0.367 e. The fourth-order valence-electron chi connectivity index (χ4n) is 2.60. The summed E-state index contributed by atoms with van der Waals surface area (Å²) < 4.78 is 13.3. The number of hydrogen-bond acceptors (Lipinski definition) is 3. The number of hydrogen-bond donors (Lipinski definition) is 2. The molecule has 1 fully saturated rings. The summed E-state index contributed by atoms with van der Waals surface area (Å²) in [5, 5.41) is 3.31. The van der Waals surface area contributed by atoms with Gasteiger partial charge in [0.05, 0.1) is 11.3 Å². The number of halogens is 1. The monoisotopic (exact) mass is 265 g/mol. The van der Waals surface area contributed by atoms with Gasteiger partial charge in [-0.15, -0.1) is 0 Å². The molecular weight excluding hydrogens is 245 g/mol. The Kier molecular flexibility index (Phi) is 4.37. The van der Waals surface area contributed by atoms with Crippen molar-refractivity contribution in [2.75, 3.05) is 24.5 Å². The van der Waals surface area contributed by atoms with Crippen molar-refractivity contribution in [3.63, 3.8) is 0 Å². The molecule has 5 heteroatoms. The predicted octanol–water partition coefficient (Wildman–Crippen LogP) is 1.50. The zero-order valence-electron chi connectivity index (χ0n) is 11.2. The standard InChI is InChI=1S/C14H20FN3O/c1-2-7-18(11-5-6-17-9-11)13-4-3-10(15)8-12(13)14(16)19/h3-4,8,11,17H,2,5-7,9H2,1H3,(H2,16,19). The third kappa shape index (κ3) is 3.04. The number of nitrogens with two attached hydrogens (primary N) is 1. The molecule has 0 radical (unpaired) electrons. The Morgan fingerprint density at radius 3 is 2.95 bits per heavy atom. The van der Waals surface area contributed by atoms with Crippen LogP contribution >= 0.6 is 0 Å². The molecule has 0 spiro atoms. The molecule has 2 rings (SSSR count). The predicted molar refractivity (Wildman–Crippen MR) is 73.8 cm³/mol. The molecule has 0 aliphatic carbocycles. The second-order valence-electron chi connectivity index (χ2n) is 4.87. The molecule has 1 atom stereocenters. The first-order valence-corrected chi connectivity index (χ1v) is 6.70. The molecule has 1 aliphatic rings. The van der Waals surface area contributed by atoms with Crippen molar-refractivity contribution >= 4 is 11.6 Å². The van der Waals surface area contributed by atoms with Gasteiger partial charge < -0.3 is 16.0 Å². The first-order valence-electron chi connectivity index (χ1n) is 6.70. The highest BCUT2D eigenvalue weighted by Crippen LogP contribution is 2.25. The minimum absolute atomic E-state index is 0.264. The molecule has 19 heavy (non-hydrogen) atoms. The van der Waals surface area contributed by atoms with Crippen LogP contribution in [0.3, 0.4) is 0 Å². The number of amides is 1. The average Bonchev–Trinajstić information content (AvgIpc) is 2.90. The van der Waals surface area contributed by atoms with Crippen LogP contribution in [-0.4, -0.2) is 31.6 Å². The second-order valence-corrected chi connectivity index (χ2v) is 4.87. The summed E-state index contributed by atoms with van der Waals surface area (Å²) in [6.07, 6.45) is 1.99. The lowest BCUT2D eigenvalue weighted by atomic mass is 10.1. The Bertz CT molecular complexity index is 458. The van der Waals surface area contributed by atoms with E-state index in [9.17, 15) is 9.18 Å². The number of anilines is 1. The lowest BCUT2D eigenvalue weighted by Gasteiger charge is -2.31. The first-order chi connectivity index (χ1) is 9.13. The molecule has 1 saturated heterocycles.